The van der Waals surface area contributed by atoms with Gasteiger partial charge in [-0.15, -0.1) is 11.8 Å². The first-order chi connectivity index (χ1) is 13.3. The third-order valence-electron chi connectivity index (χ3n) is 5.57. The number of hydrogen-bond donors (Lipinski definition) is 0. The Hall–Kier alpha value is -1.94. The van der Waals surface area contributed by atoms with E-state index in [9.17, 15) is 4.79 Å². The Labute approximate surface area is 166 Å². The molecule has 3 nitrogen and oxygen atoms in total. The van der Waals surface area contributed by atoms with Crippen molar-refractivity contribution in [3.05, 3.63) is 60.2 Å². The number of hydrogen-bond acceptors (Lipinski definition) is 3. The van der Waals surface area contributed by atoms with Crippen LogP contribution in [0.25, 0.3) is 0 Å². The van der Waals surface area contributed by atoms with Gasteiger partial charge in [0, 0.05) is 18.7 Å². The van der Waals surface area contributed by atoms with Gasteiger partial charge in [0.15, 0.2) is 0 Å². The maximum atomic E-state index is 12.8. The zero-order chi connectivity index (χ0) is 18.5. The van der Waals surface area contributed by atoms with Crippen LogP contribution in [0, 0.1) is 5.92 Å². The SMILES string of the molecule is O=C(CCC1CCCC1)N1CCS[C@H]1c1cccc(Oc2ccccc2)c1. The highest BCUT2D eigenvalue weighted by Gasteiger charge is 2.31. The van der Waals surface area contributed by atoms with Crippen molar-refractivity contribution in [3.63, 3.8) is 0 Å². The van der Waals surface area contributed by atoms with Crippen LogP contribution in [0.15, 0.2) is 54.6 Å². The van der Waals surface area contributed by atoms with Crippen LogP contribution in [0.5, 0.6) is 11.5 Å². The maximum absolute atomic E-state index is 12.8. The van der Waals surface area contributed by atoms with E-state index >= 15 is 0 Å². The molecule has 27 heavy (non-hydrogen) atoms. The van der Waals surface area contributed by atoms with Crippen LogP contribution in [0.1, 0.15) is 49.5 Å². The van der Waals surface area contributed by atoms with Crippen LogP contribution in [-0.4, -0.2) is 23.1 Å². The summed E-state index contributed by atoms with van der Waals surface area (Å²) in [5, 5.41) is 0.111. The minimum absolute atomic E-state index is 0.111. The highest BCUT2D eigenvalue weighted by atomic mass is 32.2. The van der Waals surface area contributed by atoms with E-state index in [1.54, 1.807) is 0 Å². The molecule has 1 aliphatic carbocycles. The van der Waals surface area contributed by atoms with Crippen molar-refractivity contribution in [1.29, 1.82) is 0 Å². The van der Waals surface area contributed by atoms with Crippen molar-refractivity contribution in [2.45, 2.75) is 43.9 Å². The summed E-state index contributed by atoms with van der Waals surface area (Å²) in [4.78, 5) is 14.9. The average Bonchev–Trinajstić information content (AvgIpc) is 3.39. The second-order valence-corrected chi connectivity index (χ2v) is 8.68. The third-order valence-corrected chi connectivity index (χ3v) is 6.84. The highest BCUT2D eigenvalue weighted by Crippen LogP contribution is 2.40. The monoisotopic (exact) mass is 381 g/mol. The zero-order valence-corrected chi connectivity index (χ0v) is 16.5. The van der Waals surface area contributed by atoms with Gasteiger partial charge in [0.1, 0.15) is 16.9 Å². The minimum Gasteiger partial charge on any atom is -0.457 e. The number of rotatable bonds is 6. The molecule has 1 amide bonds. The van der Waals surface area contributed by atoms with Crippen molar-refractivity contribution < 1.29 is 9.53 Å². The van der Waals surface area contributed by atoms with Crippen LogP contribution in [0.4, 0.5) is 0 Å². The summed E-state index contributed by atoms with van der Waals surface area (Å²) in [6.45, 7) is 0.850. The van der Waals surface area contributed by atoms with Crippen LogP contribution in [-0.2, 0) is 4.79 Å². The predicted octanol–water partition coefficient (Wildman–Crippen LogP) is 6.02. The molecule has 2 aromatic rings. The Bertz CT molecular complexity index is 758. The quantitative estimate of drug-likeness (QED) is 0.612. The fourth-order valence-electron chi connectivity index (χ4n) is 4.13. The average molecular weight is 382 g/mol. The van der Waals surface area contributed by atoms with E-state index in [2.05, 4.69) is 17.0 Å². The molecule has 1 saturated carbocycles. The second kappa shape index (κ2) is 8.83. The lowest BCUT2D eigenvalue weighted by atomic mass is 10.0. The van der Waals surface area contributed by atoms with E-state index in [4.69, 9.17) is 4.74 Å². The molecule has 1 aliphatic heterocycles. The van der Waals surface area contributed by atoms with E-state index in [0.29, 0.717) is 12.3 Å². The Kier molecular flexibility index (Phi) is 6.03. The second-order valence-electron chi connectivity index (χ2n) is 7.49. The normalized spacial score (nSPS) is 20.1. The van der Waals surface area contributed by atoms with E-state index in [-0.39, 0.29) is 5.37 Å². The molecule has 2 aliphatic rings. The van der Waals surface area contributed by atoms with Gasteiger partial charge in [0.25, 0.3) is 0 Å². The van der Waals surface area contributed by atoms with Crippen molar-refractivity contribution in [2.75, 3.05) is 12.3 Å². The first kappa shape index (κ1) is 18.4. The summed E-state index contributed by atoms with van der Waals surface area (Å²) < 4.78 is 5.98. The molecule has 0 N–H and O–H groups in total. The number of benzene rings is 2. The lowest BCUT2D eigenvalue weighted by Crippen LogP contribution is -2.30. The fraction of sp³-hybridized carbons (Fsp3) is 0.435. The minimum atomic E-state index is 0.111. The number of nitrogens with zero attached hydrogens (tertiary/aromatic N) is 1. The summed E-state index contributed by atoms with van der Waals surface area (Å²) in [5.41, 5.74) is 1.15. The molecule has 1 atom stereocenters. The molecule has 142 valence electrons. The van der Waals surface area contributed by atoms with Crippen LogP contribution in [0.3, 0.4) is 0 Å². The first-order valence-electron chi connectivity index (χ1n) is 10.0. The number of amides is 1. The molecule has 2 aromatic carbocycles. The number of ether oxygens (including phenoxy) is 1. The van der Waals surface area contributed by atoms with E-state index in [0.717, 1.165) is 41.7 Å². The highest BCUT2D eigenvalue weighted by molar-refractivity contribution is 7.99. The van der Waals surface area contributed by atoms with Crippen molar-refractivity contribution in [1.82, 2.24) is 4.90 Å². The van der Waals surface area contributed by atoms with Gasteiger partial charge >= 0.3 is 0 Å². The molecular formula is C23H27NO2S. The fourth-order valence-corrected chi connectivity index (χ4v) is 5.40. The van der Waals surface area contributed by atoms with Gasteiger partial charge in [-0.1, -0.05) is 56.0 Å². The summed E-state index contributed by atoms with van der Waals surface area (Å²) >= 11 is 1.85. The Morgan fingerprint density at radius 3 is 2.63 bits per heavy atom. The van der Waals surface area contributed by atoms with Gasteiger partial charge in [0.05, 0.1) is 0 Å². The molecule has 0 aromatic heterocycles. The number of carbonyl (C=O) groups is 1. The van der Waals surface area contributed by atoms with E-state index in [1.807, 2.05) is 54.2 Å². The zero-order valence-electron chi connectivity index (χ0n) is 15.7. The van der Waals surface area contributed by atoms with Gasteiger partial charge in [-0.3, -0.25) is 4.79 Å². The Morgan fingerprint density at radius 2 is 1.81 bits per heavy atom. The molecular weight excluding hydrogens is 354 g/mol. The van der Waals surface area contributed by atoms with Gasteiger partial charge in [0.2, 0.25) is 5.91 Å². The Balaban J connectivity index is 1.42. The Morgan fingerprint density at radius 1 is 1.04 bits per heavy atom. The summed E-state index contributed by atoms with van der Waals surface area (Å²) in [6, 6.07) is 18.0. The number of thioether (sulfide) groups is 1. The lowest BCUT2D eigenvalue weighted by molar-refractivity contribution is -0.131. The van der Waals surface area contributed by atoms with Crippen LogP contribution >= 0.6 is 11.8 Å². The van der Waals surface area contributed by atoms with Gasteiger partial charge in [-0.05, 0) is 42.2 Å². The number of carbonyl (C=O) groups excluding carboxylic acids is 1. The van der Waals surface area contributed by atoms with Crippen molar-refractivity contribution in [3.8, 4) is 11.5 Å². The summed E-state index contributed by atoms with van der Waals surface area (Å²) in [5.74, 6) is 3.74. The molecule has 0 bridgehead atoms. The maximum Gasteiger partial charge on any atom is 0.223 e. The van der Waals surface area contributed by atoms with Crippen molar-refractivity contribution in [2.24, 2.45) is 5.92 Å². The smallest absolute Gasteiger partial charge is 0.223 e. The molecule has 2 fully saturated rings. The van der Waals surface area contributed by atoms with Gasteiger partial charge < -0.3 is 9.64 Å². The molecule has 4 rings (SSSR count). The molecule has 0 radical (unpaired) electrons. The van der Waals surface area contributed by atoms with Crippen molar-refractivity contribution >= 4 is 17.7 Å². The molecule has 0 unspecified atom stereocenters. The molecule has 0 spiro atoms. The standard InChI is InChI=1S/C23H27NO2S/c25-22(14-13-18-7-4-5-8-18)24-15-16-27-23(24)19-9-6-12-21(17-19)26-20-10-2-1-3-11-20/h1-3,6,9-12,17-18,23H,4-5,7-8,13-16H2/t23-/m0/s1. The van der Waals surface area contributed by atoms with E-state index in [1.165, 1.54) is 25.7 Å². The molecule has 1 heterocycles. The van der Waals surface area contributed by atoms with Crippen LogP contribution in [0.2, 0.25) is 0 Å². The third kappa shape index (κ3) is 4.67. The predicted molar refractivity (Wildman–Crippen MR) is 111 cm³/mol. The van der Waals surface area contributed by atoms with Crippen LogP contribution < -0.4 is 4.74 Å². The topological polar surface area (TPSA) is 29.5 Å². The summed E-state index contributed by atoms with van der Waals surface area (Å²) in [6.07, 6.45) is 7.06. The van der Waals surface area contributed by atoms with Gasteiger partial charge in [-0.25, -0.2) is 0 Å². The lowest BCUT2D eigenvalue weighted by Gasteiger charge is -2.25. The molecule has 1 saturated heterocycles. The van der Waals surface area contributed by atoms with E-state index < -0.39 is 0 Å². The summed E-state index contributed by atoms with van der Waals surface area (Å²) in [7, 11) is 0. The molecule has 4 heteroatoms. The van der Waals surface area contributed by atoms with Gasteiger partial charge in [-0.2, -0.15) is 0 Å². The first-order valence-corrected chi connectivity index (χ1v) is 11.1. The largest absolute Gasteiger partial charge is 0.457 e. The number of para-hydroxylation sites is 1.